The number of rotatable bonds is 3. The Labute approximate surface area is 180 Å². The summed E-state index contributed by atoms with van der Waals surface area (Å²) in [6, 6.07) is 5.45. The average Bonchev–Trinajstić information content (AvgIpc) is 3.50. The molecule has 1 saturated carbocycles. The van der Waals surface area contributed by atoms with Crippen molar-refractivity contribution in [2.45, 2.75) is 50.7 Å². The minimum atomic E-state index is -1.55. The van der Waals surface area contributed by atoms with Crippen LogP contribution in [0.4, 0.5) is 4.79 Å². The molecule has 9 heteroatoms. The lowest BCUT2D eigenvalue weighted by atomic mass is 9.92. The Kier molecular flexibility index (Phi) is 5.10. The van der Waals surface area contributed by atoms with Gasteiger partial charge in [0.2, 0.25) is 0 Å². The first-order valence-corrected chi connectivity index (χ1v) is 10.5. The summed E-state index contributed by atoms with van der Waals surface area (Å²) in [5, 5.41) is 4.61. The molecule has 2 fully saturated rings. The number of carbonyl (C=O) groups excluding carboxylic acids is 2. The molecule has 0 bridgehead atoms. The van der Waals surface area contributed by atoms with Crippen LogP contribution in [-0.2, 0) is 15.1 Å². The summed E-state index contributed by atoms with van der Waals surface area (Å²) in [7, 11) is 0. The lowest BCUT2D eigenvalue weighted by Crippen LogP contribution is -2.67. The van der Waals surface area contributed by atoms with Crippen molar-refractivity contribution < 1.29 is 14.3 Å². The van der Waals surface area contributed by atoms with Crippen molar-refractivity contribution in [3.63, 3.8) is 0 Å². The topological polar surface area (TPSA) is 110 Å². The predicted octanol–water partition coefficient (Wildman–Crippen LogP) is 2.68. The van der Waals surface area contributed by atoms with Crippen LogP contribution in [-0.4, -0.2) is 52.1 Å². The van der Waals surface area contributed by atoms with E-state index < -0.39 is 23.1 Å². The van der Waals surface area contributed by atoms with E-state index in [0.717, 1.165) is 23.9 Å². The van der Waals surface area contributed by atoms with Crippen molar-refractivity contribution in [1.82, 2.24) is 20.2 Å². The quantitative estimate of drug-likeness (QED) is 0.772. The lowest BCUT2D eigenvalue weighted by Gasteiger charge is -2.44. The van der Waals surface area contributed by atoms with E-state index >= 15 is 0 Å². The SMILES string of the molecule is CC(C)(C)OC(=O)N1CCNCC1(C(N)=O)c1nc(C2CC2)c2ccc(Cl)cc2n1. The van der Waals surface area contributed by atoms with E-state index in [1.807, 2.05) is 6.07 Å². The average molecular weight is 432 g/mol. The number of nitrogens with one attached hydrogen (secondary N) is 1. The highest BCUT2D eigenvalue weighted by molar-refractivity contribution is 6.31. The molecule has 4 rings (SSSR count). The predicted molar refractivity (Wildman–Crippen MR) is 113 cm³/mol. The summed E-state index contributed by atoms with van der Waals surface area (Å²) in [4.78, 5) is 36.8. The monoisotopic (exact) mass is 431 g/mol. The van der Waals surface area contributed by atoms with Gasteiger partial charge in [-0.25, -0.2) is 14.8 Å². The number of fused-ring (bicyclic) bond motifs is 1. The van der Waals surface area contributed by atoms with Crippen LogP contribution in [0.3, 0.4) is 0 Å². The molecule has 1 aliphatic carbocycles. The van der Waals surface area contributed by atoms with Gasteiger partial charge in [-0.3, -0.25) is 9.69 Å². The molecule has 1 aromatic carbocycles. The molecule has 0 radical (unpaired) electrons. The van der Waals surface area contributed by atoms with Crippen LogP contribution in [0.5, 0.6) is 0 Å². The third-order valence-electron chi connectivity index (χ3n) is 5.40. The second kappa shape index (κ2) is 7.35. The number of ether oxygens (including phenoxy) is 1. The van der Waals surface area contributed by atoms with E-state index in [1.54, 1.807) is 32.9 Å². The van der Waals surface area contributed by atoms with Gasteiger partial charge in [-0.2, -0.15) is 0 Å². The number of amides is 2. The third kappa shape index (κ3) is 3.70. The van der Waals surface area contributed by atoms with Gasteiger partial charge in [-0.15, -0.1) is 0 Å². The molecular formula is C21H26ClN5O3. The standard InChI is InChI=1S/C21H26ClN5O3/c1-20(2,3)30-19(29)27-9-8-24-11-21(27,17(23)28)18-25-15-10-13(22)6-7-14(15)16(26-18)12-4-5-12/h6-7,10,12,24H,4-5,8-9,11H2,1-3H3,(H2,23,28). The molecule has 3 N–H and O–H groups in total. The van der Waals surface area contributed by atoms with E-state index in [2.05, 4.69) is 10.3 Å². The number of primary amides is 1. The molecule has 0 spiro atoms. The summed E-state index contributed by atoms with van der Waals surface area (Å²) in [5.74, 6) is -0.208. The minimum absolute atomic E-state index is 0.109. The maximum atomic E-state index is 13.0. The summed E-state index contributed by atoms with van der Waals surface area (Å²) in [6.45, 7) is 6.19. The Morgan fingerprint density at radius 2 is 2.03 bits per heavy atom. The summed E-state index contributed by atoms with van der Waals surface area (Å²) < 4.78 is 5.58. The van der Waals surface area contributed by atoms with Crippen molar-refractivity contribution in [2.75, 3.05) is 19.6 Å². The zero-order chi connectivity index (χ0) is 21.7. The largest absolute Gasteiger partial charge is 0.444 e. The van der Waals surface area contributed by atoms with Gasteiger partial charge in [-0.05, 0) is 51.8 Å². The first kappa shape index (κ1) is 20.8. The molecule has 1 saturated heterocycles. The Balaban J connectivity index is 1.90. The highest BCUT2D eigenvalue weighted by Gasteiger charge is 2.52. The Hall–Kier alpha value is -2.45. The molecule has 8 nitrogen and oxygen atoms in total. The first-order chi connectivity index (χ1) is 14.1. The molecule has 1 aliphatic heterocycles. The van der Waals surface area contributed by atoms with Crippen molar-refractivity contribution >= 4 is 34.5 Å². The number of hydrogen-bond donors (Lipinski definition) is 2. The number of hydrogen-bond acceptors (Lipinski definition) is 6. The zero-order valence-electron chi connectivity index (χ0n) is 17.4. The number of piperazine rings is 1. The van der Waals surface area contributed by atoms with Gasteiger partial charge in [0.05, 0.1) is 11.2 Å². The summed E-state index contributed by atoms with van der Waals surface area (Å²) in [6.07, 6.45) is 1.42. The van der Waals surface area contributed by atoms with Gasteiger partial charge in [0.1, 0.15) is 5.60 Å². The summed E-state index contributed by atoms with van der Waals surface area (Å²) in [5.41, 5.74) is 5.13. The highest BCUT2D eigenvalue weighted by Crippen LogP contribution is 2.43. The number of aromatic nitrogens is 2. The summed E-state index contributed by atoms with van der Waals surface area (Å²) >= 11 is 6.20. The fourth-order valence-electron chi connectivity index (χ4n) is 3.82. The van der Waals surface area contributed by atoms with Crippen LogP contribution in [0.25, 0.3) is 10.9 Å². The van der Waals surface area contributed by atoms with E-state index in [1.165, 1.54) is 4.90 Å². The fourth-order valence-corrected chi connectivity index (χ4v) is 3.99. The second-order valence-electron chi connectivity index (χ2n) is 8.90. The van der Waals surface area contributed by atoms with Crippen LogP contribution in [0.15, 0.2) is 18.2 Å². The Bertz CT molecular complexity index is 1020. The van der Waals surface area contributed by atoms with Gasteiger partial charge in [-0.1, -0.05) is 11.6 Å². The maximum Gasteiger partial charge on any atom is 0.411 e. The molecule has 30 heavy (non-hydrogen) atoms. The van der Waals surface area contributed by atoms with Crippen molar-refractivity contribution in [3.05, 3.63) is 34.7 Å². The van der Waals surface area contributed by atoms with Crippen LogP contribution in [0.1, 0.15) is 51.0 Å². The molecule has 2 amide bonds. The second-order valence-corrected chi connectivity index (χ2v) is 9.34. The van der Waals surface area contributed by atoms with Crippen molar-refractivity contribution in [2.24, 2.45) is 5.73 Å². The van der Waals surface area contributed by atoms with Crippen LogP contribution in [0, 0.1) is 0 Å². The van der Waals surface area contributed by atoms with E-state index in [0.29, 0.717) is 23.0 Å². The maximum absolute atomic E-state index is 13.0. The van der Waals surface area contributed by atoms with Gasteiger partial charge in [0.25, 0.3) is 5.91 Å². The molecule has 1 atom stereocenters. The van der Waals surface area contributed by atoms with E-state index in [9.17, 15) is 9.59 Å². The molecule has 2 heterocycles. The smallest absolute Gasteiger partial charge is 0.411 e. The van der Waals surface area contributed by atoms with Crippen molar-refractivity contribution in [3.8, 4) is 0 Å². The van der Waals surface area contributed by atoms with Gasteiger partial charge < -0.3 is 15.8 Å². The molecule has 160 valence electrons. The van der Waals surface area contributed by atoms with Crippen LogP contribution < -0.4 is 11.1 Å². The molecule has 2 aliphatic rings. The van der Waals surface area contributed by atoms with Gasteiger partial charge in [0, 0.05) is 36.0 Å². The first-order valence-electron chi connectivity index (χ1n) is 10.1. The van der Waals surface area contributed by atoms with Crippen LogP contribution >= 0.6 is 11.6 Å². The van der Waals surface area contributed by atoms with E-state index in [-0.39, 0.29) is 18.9 Å². The number of halogens is 1. The number of carbonyl (C=O) groups is 2. The van der Waals surface area contributed by atoms with E-state index in [4.69, 9.17) is 27.1 Å². The minimum Gasteiger partial charge on any atom is -0.444 e. The molecular weight excluding hydrogens is 406 g/mol. The van der Waals surface area contributed by atoms with Gasteiger partial charge in [0.15, 0.2) is 11.4 Å². The molecule has 2 aromatic rings. The fraction of sp³-hybridized carbons (Fsp3) is 0.524. The Morgan fingerprint density at radius 1 is 1.30 bits per heavy atom. The zero-order valence-corrected chi connectivity index (χ0v) is 18.1. The Morgan fingerprint density at radius 3 is 2.67 bits per heavy atom. The third-order valence-corrected chi connectivity index (χ3v) is 5.63. The number of benzene rings is 1. The lowest BCUT2D eigenvalue weighted by molar-refractivity contribution is -0.132. The van der Waals surface area contributed by atoms with Crippen molar-refractivity contribution in [1.29, 1.82) is 0 Å². The normalized spacial score (nSPS) is 22.2. The highest BCUT2D eigenvalue weighted by atomic mass is 35.5. The number of nitrogens with two attached hydrogens (primary N) is 1. The molecule has 1 aromatic heterocycles. The molecule has 1 unspecified atom stereocenters. The van der Waals surface area contributed by atoms with Gasteiger partial charge >= 0.3 is 6.09 Å². The van der Waals surface area contributed by atoms with Crippen LogP contribution in [0.2, 0.25) is 5.02 Å². The number of nitrogens with zero attached hydrogens (tertiary/aromatic N) is 3.